The van der Waals surface area contributed by atoms with Crippen LogP contribution in [0.5, 0.6) is 0 Å². The maximum atomic E-state index is 11.6. The van der Waals surface area contributed by atoms with Crippen LogP contribution in [0.15, 0.2) is 24.3 Å². The first kappa shape index (κ1) is 15.5. The van der Waals surface area contributed by atoms with E-state index in [0.29, 0.717) is 5.69 Å². The van der Waals surface area contributed by atoms with Gasteiger partial charge in [-0.05, 0) is 23.1 Å². The van der Waals surface area contributed by atoms with Crippen LogP contribution in [-0.4, -0.2) is 25.2 Å². The summed E-state index contributed by atoms with van der Waals surface area (Å²) >= 11 is 0. The zero-order valence-electron chi connectivity index (χ0n) is 11.3. The number of carboxylic acids is 1. The standard InChI is InChI=1S/C13H19NO4S/c1-13(2,3)10-4-6-11(7-5-10)14-19(17,18)9-8-12(15)16/h4-7,14H,8-9H2,1-3H3,(H,15,16). The molecule has 19 heavy (non-hydrogen) atoms. The maximum absolute atomic E-state index is 11.6. The summed E-state index contributed by atoms with van der Waals surface area (Å²) in [7, 11) is -3.61. The third-order valence-corrected chi connectivity index (χ3v) is 3.90. The molecule has 1 aromatic carbocycles. The van der Waals surface area contributed by atoms with Crippen molar-refractivity contribution in [1.29, 1.82) is 0 Å². The molecule has 0 spiro atoms. The first-order valence-electron chi connectivity index (χ1n) is 5.93. The number of hydrogen-bond acceptors (Lipinski definition) is 3. The Hall–Kier alpha value is -1.56. The number of anilines is 1. The molecule has 1 aromatic rings. The van der Waals surface area contributed by atoms with Crippen molar-refractivity contribution in [2.75, 3.05) is 10.5 Å². The zero-order valence-corrected chi connectivity index (χ0v) is 12.1. The second-order valence-electron chi connectivity index (χ2n) is 5.39. The highest BCUT2D eigenvalue weighted by atomic mass is 32.2. The molecule has 0 fully saturated rings. The van der Waals surface area contributed by atoms with Gasteiger partial charge in [0.15, 0.2) is 0 Å². The van der Waals surface area contributed by atoms with Crippen LogP contribution in [-0.2, 0) is 20.2 Å². The lowest BCUT2D eigenvalue weighted by Gasteiger charge is -2.19. The lowest BCUT2D eigenvalue weighted by Crippen LogP contribution is -2.19. The summed E-state index contributed by atoms with van der Waals surface area (Å²) in [4.78, 5) is 10.4. The van der Waals surface area contributed by atoms with E-state index < -0.39 is 28.2 Å². The van der Waals surface area contributed by atoms with Gasteiger partial charge in [0.25, 0.3) is 0 Å². The van der Waals surface area contributed by atoms with Crippen LogP contribution in [0.25, 0.3) is 0 Å². The smallest absolute Gasteiger partial charge is 0.304 e. The first-order chi connectivity index (χ1) is 8.60. The van der Waals surface area contributed by atoms with E-state index >= 15 is 0 Å². The molecule has 1 rings (SSSR count). The van der Waals surface area contributed by atoms with Crippen molar-refractivity contribution in [3.8, 4) is 0 Å². The van der Waals surface area contributed by atoms with Gasteiger partial charge in [-0.15, -0.1) is 0 Å². The molecule has 0 aliphatic heterocycles. The molecular weight excluding hydrogens is 266 g/mol. The normalized spacial score (nSPS) is 12.2. The Morgan fingerprint density at radius 1 is 1.21 bits per heavy atom. The Balaban J connectivity index is 2.75. The van der Waals surface area contributed by atoms with Crippen LogP contribution in [0, 0.1) is 0 Å². The second-order valence-corrected chi connectivity index (χ2v) is 7.23. The molecule has 0 aromatic heterocycles. The minimum atomic E-state index is -3.61. The largest absolute Gasteiger partial charge is 0.481 e. The molecule has 5 nitrogen and oxygen atoms in total. The SMILES string of the molecule is CC(C)(C)c1ccc(NS(=O)(=O)CCC(=O)O)cc1. The lowest BCUT2D eigenvalue weighted by atomic mass is 9.87. The van der Waals surface area contributed by atoms with E-state index in [1.165, 1.54) is 0 Å². The summed E-state index contributed by atoms with van der Waals surface area (Å²) < 4.78 is 25.6. The highest BCUT2D eigenvalue weighted by Crippen LogP contribution is 2.23. The zero-order chi connectivity index (χ0) is 14.7. The molecule has 0 radical (unpaired) electrons. The Labute approximate surface area is 113 Å². The van der Waals surface area contributed by atoms with Crippen molar-refractivity contribution in [3.05, 3.63) is 29.8 Å². The van der Waals surface area contributed by atoms with Gasteiger partial charge in [0.2, 0.25) is 10.0 Å². The average Bonchev–Trinajstić information content (AvgIpc) is 2.25. The van der Waals surface area contributed by atoms with Crippen molar-refractivity contribution in [2.24, 2.45) is 0 Å². The molecule has 0 heterocycles. The number of nitrogens with one attached hydrogen (secondary N) is 1. The average molecular weight is 285 g/mol. The summed E-state index contributed by atoms with van der Waals surface area (Å²) in [6, 6.07) is 7.07. The van der Waals surface area contributed by atoms with E-state index in [9.17, 15) is 13.2 Å². The summed E-state index contributed by atoms with van der Waals surface area (Å²) in [6.45, 7) is 6.21. The molecule has 0 aliphatic carbocycles. The number of hydrogen-bond donors (Lipinski definition) is 2. The van der Waals surface area contributed by atoms with Crippen molar-refractivity contribution < 1.29 is 18.3 Å². The Morgan fingerprint density at radius 3 is 2.16 bits per heavy atom. The van der Waals surface area contributed by atoms with Gasteiger partial charge < -0.3 is 5.11 Å². The third-order valence-electron chi connectivity index (χ3n) is 2.61. The molecule has 0 saturated heterocycles. The summed E-state index contributed by atoms with van der Waals surface area (Å²) in [5.41, 5.74) is 1.54. The van der Waals surface area contributed by atoms with E-state index in [-0.39, 0.29) is 5.41 Å². The molecule has 0 amide bonds. The van der Waals surface area contributed by atoms with E-state index in [4.69, 9.17) is 5.11 Å². The summed E-state index contributed by atoms with van der Waals surface area (Å²) in [6.07, 6.45) is -0.407. The number of carbonyl (C=O) groups is 1. The van der Waals surface area contributed by atoms with Gasteiger partial charge in [0.1, 0.15) is 0 Å². The number of carboxylic acid groups (broad SMARTS) is 1. The molecule has 0 atom stereocenters. The monoisotopic (exact) mass is 285 g/mol. The van der Waals surface area contributed by atoms with Crippen molar-refractivity contribution in [1.82, 2.24) is 0 Å². The molecular formula is C13H19NO4S. The molecule has 2 N–H and O–H groups in total. The van der Waals surface area contributed by atoms with E-state index in [2.05, 4.69) is 25.5 Å². The van der Waals surface area contributed by atoms with Crippen LogP contribution in [0.2, 0.25) is 0 Å². The van der Waals surface area contributed by atoms with Gasteiger partial charge in [-0.1, -0.05) is 32.9 Å². The number of aliphatic carboxylic acids is 1. The molecule has 106 valence electrons. The van der Waals surface area contributed by atoms with Gasteiger partial charge in [-0.2, -0.15) is 0 Å². The van der Waals surface area contributed by atoms with Gasteiger partial charge in [-0.3, -0.25) is 9.52 Å². The predicted octanol–water partition coefficient (Wildman–Crippen LogP) is 2.20. The topological polar surface area (TPSA) is 83.5 Å². The van der Waals surface area contributed by atoms with Crippen LogP contribution < -0.4 is 4.72 Å². The van der Waals surface area contributed by atoms with Gasteiger partial charge in [0, 0.05) is 5.69 Å². The van der Waals surface area contributed by atoms with Crippen molar-refractivity contribution in [2.45, 2.75) is 32.6 Å². The van der Waals surface area contributed by atoms with E-state index in [1.807, 2.05) is 12.1 Å². The minimum absolute atomic E-state index is 0.000707. The second kappa shape index (κ2) is 5.61. The fraction of sp³-hybridized carbons (Fsp3) is 0.462. The van der Waals surface area contributed by atoms with Crippen molar-refractivity contribution in [3.63, 3.8) is 0 Å². The lowest BCUT2D eigenvalue weighted by molar-refractivity contribution is -0.136. The fourth-order valence-corrected chi connectivity index (χ4v) is 2.53. The third kappa shape index (κ3) is 5.30. The quantitative estimate of drug-likeness (QED) is 0.868. The Bertz CT molecular complexity index is 541. The highest BCUT2D eigenvalue weighted by molar-refractivity contribution is 7.92. The molecule has 0 bridgehead atoms. The molecule has 0 aliphatic rings. The van der Waals surface area contributed by atoms with E-state index in [0.717, 1.165) is 5.56 Å². The van der Waals surface area contributed by atoms with Gasteiger partial charge in [0.05, 0.1) is 12.2 Å². The number of sulfonamides is 1. The summed E-state index contributed by atoms with van der Waals surface area (Å²) in [5, 5.41) is 8.48. The Kier molecular flexibility index (Phi) is 4.57. The molecule has 0 unspecified atom stereocenters. The van der Waals surface area contributed by atoms with Crippen LogP contribution in [0.3, 0.4) is 0 Å². The maximum Gasteiger partial charge on any atom is 0.304 e. The van der Waals surface area contributed by atoms with Crippen molar-refractivity contribution >= 4 is 21.7 Å². The highest BCUT2D eigenvalue weighted by Gasteiger charge is 2.15. The molecule has 0 saturated carbocycles. The fourth-order valence-electron chi connectivity index (χ4n) is 1.49. The molecule has 6 heteroatoms. The van der Waals surface area contributed by atoms with Gasteiger partial charge >= 0.3 is 5.97 Å². The minimum Gasteiger partial charge on any atom is -0.481 e. The van der Waals surface area contributed by atoms with Crippen LogP contribution >= 0.6 is 0 Å². The predicted molar refractivity (Wildman–Crippen MR) is 74.8 cm³/mol. The summed E-state index contributed by atoms with van der Waals surface area (Å²) in [5.74, 6) is -1.56. The van der Waals surface area contributed by atoms with Gasteiger partial charge in [-0.25, -0.2) is 8.42 Å². The number of rotatable bonds is 5. The number of benzene rings is 1. The van der Waals surface area contributed by atoms with Crippen LogP contribution in [0.1, 0.15) is 32.8 Å². The van der Waals surface area contributed by atoms with E-state index in [1.54, 1.807) is 12.1 Å². The first-order valence-corrected chi connectivity index (χ1v) is 7.58. The Morgan fingerprint density at radius 2 is 1.74 bits per heavy atom. The van der Waals surface area contributed by atoms with Crippen LogP contribution in [0.4, 0.5) is 5.69 Å².